The Balaban J connectivity index is 2.18. The van der Waals surface area contributed by atoms with Gasteiger partial charge >= 0.3 is 12.1 Å². The van der Waals surface area contributed by atoms with E-state index in [4.69, 9.17) is 4.74 Å². The zero-order chi connectivity index (χ0) is 17.5. The van der Waals surface area contributed by atoms with E-state index in [0.717, 1.165) is 0 Å². The highest BCUT2D eigenvalue weighted by Gasteiger charge is 2.60. The normalized spacial score (nSPS) is 28.7. The summed E-state index contributed by atoms with van der Waals surface area (Å²) in [5.41, 5.74) is -3.23. The first kappa shape index (κ1) is 18.0. The molecule has 1 unspecified atom stereocenters. The van der Waals surface area contributed by atoms with E-state index in [0.29, 0.717) is 32.5 Å². The van der Waals surface area contributed by atoms with Crippen LogP contribution in [0.4, 0.5) is 4.79 Å². The number of hydrogen-bond donors (Lipinski definition) is 2. The molecule has 23 heavy (non-hydrogen) atoms. The van der Waals surface area contributed by atoms with Crippen molar-refractivity contribution in [1.29, 1.82) is 0 Å². The largest absolute Gasteiger partial charge is 0.481 e. The molecule has 0 spiro atoms. The van der Waals surface area contributed by atoms with Crippen molar-refractivity contribution in [3.63, 3.8) is 0 Å². The van der Waals surface area contributed by atoms with E-state index in [9.17, 15) is 19.8 Å². The first-order chi connectivity index (χ1) is 10.5. The Bertz CT molecular complexity index is 479. The number of rotatable bonds is 2. The molecule has 2 rings (SSSR count). The summed E-state index contributed by atoms with van der Waals surface area (Å²) in [5, 5.41) is 20.9. The average Bonchev–Trinajstić information content (AvgIpc) is 2.87. The number of piperidine rings is 1. The highest BCUT2D eigenvalue weighted by atomic mass is 16.6. The van der Waals surface area contributed by atoms with Gasteiger partial charge in [-0.2, -0.15) is 0 Å². The molecule has 1 atom stereocenters. The fourth-order valence-corrected chi connectivity index (χ4v) is 3.51. The van der Waals surface area contributed by atoms with Gasteiger partial charge in [0.05, 0.1) is 5.60 Å². The fraction of sp³-hybridized carbons (Fsp3) is 0.875. The third kappa shape index (κ3) is 3.45. The molecule has 0 radical (unpaired) electrons. The van der Waals surface area contributed by atoms with Gasteiger partial charge in [0.2, 0.25) is 0 Å². The lowest BCUT2D eigenvalue weighted by molar-refractivity contribution is -0.174. The maximum absolute atomic E-state index is 12.2. The standard InChI is InChI=1S/C16H28N2O5/c1-14(2,3)23-13(21)18-10-5-15(11-18,12(19)20)16(22)6-8-17(4)9-7-16/h22H,5-11H2,1-4H3,(H,19,20). The van der Waals surface area contributed by atoms with Crippen molar-refractivity contribution in [2.45, 2.75) is 51.2 Å². The Morgan fingerprint density at radius 2 is 1.65 bits per heavy atom. The Morgan fingerprint density at radius 3 is 2.13 bits per heavy atom. The molecule has 7 nitrogen and oxygen atoms in total. The van der Waals surface area contributed by atoms with Gasteiger partial charge in [0.25, 0.3) is 0 Å². The van der Waals surface area contributed by atoms with E-state index in [2.05, 4.69) is 4.90 Å². The predicted octanol–water partition coefficient (Wildman–Crippen LogP) is 1.15. The summed E-state index contributed by atoms with van der Waals surface area (Å²) in [6.45, 7) is 6.91. The molecule has 7 heteroatoms. The lowest BCUT2D eigenvalue weighted by atomic mass is 9.66. The summed E-state index contributed by atoms with van der Waals surface area (Å²) >= 11 is 0. The molecular formula is C16H28N2O5. The summed E-state index contributed by atoms with van der Waals surface area (Å²) in [6.07, 6.45) is 0.537. The number of ether oxygens (including phenoxy) is 1. The Labute approximate surface area is 137 Å². The van der Waals surface area contributed by atoms with Gasteiger partial charge in [0.1, 0.15) is 11.0 Å². The van der Waals surface area contributed by atoms with Gasteiger partial charge in [-0.1, -0.05) is 0 Å². The van der Waals surface area contributed by atoms with E-state index in [1.165, 1.54) is 4.90 Å². The lowest BCUT2D eigenvalue weighted by Gasteiger charge is -2.46. The minimum absolute atomic E-state index is 0.00252. The molecule has 0 aromatic rings. The third-order valence-electron chi connectivity index (χ3n) is 5.04. The maximum atomic E-state index is 12.2. The van der Waals surface area contributed by atoms with Gasteiger partial charge in [0, 0.05) is 26.2 Å². The van der Waals surface area contributed by atoms with E-state index in [1.807, 2.05) is 7.05 Å². The number of carbonyl (C=O) groups is 2. The molecule has 2 aliphatic heterocycles. The van der Waals surface area contributed by atoms with Crippen molar-refractivity contribution in [2.24, 2.45) is 5.41 Å². The smallest absolute Gasteiger partial charge is 0.410 e. The number of aliphatic hydroxyl groups is 1. The first-order valence-corrected chi connectivity index (χ1v) is 8.11. The topological polar surface area (TPSA) is 90.3 Å². The van der Waals surface area contributed by atoms with Crippen molar-refractivity contribution in [1.82, 2.24) is 9.80 Å². The minimum atomic E-state index is -1.31. The quantitative estimate of drug-likeness (QED) is 0.790. The molecule has 0 bridgehead atoms. The van der Waals surface area contributed by atoms with Crippen molar-refractivity contribution in [2.75, 3.05) is 33.2 Å². The van der Waals surface area contributed by atoms with E-state index >= 15 is 0 Å². The minimum Gasteiger partial charge on any atom is -0.481 e. The summed E-state index contributed by atoms with van der Waals surface area (Å²) < 4.78 is 5.34. The zero-order valence-corrected chi connectivity index (χ0v) is 14.5. The van der Waals surface area contributed by atoms with Gasteiger partial charge < -0.3 is 24.7 Å². The number of nitrogens with zero attached hydrogens (tertiary/aromatic N) is 2. The SMILES string of the molecule is CN1CCC(O)(C2(C(=O)O)CCN(C(=O)OC(C)(C)C)C2)CC1. The van der Waals surface area contributed by atoms with Crippen LogP contribution in [0.15, 0.2) is 0 Å². The second kappa shape index (κ2) is 5.94. The summed E-state index contributed by atoms with van der Waals surface area (Å²) in [4.78, 5) is 27.7. The summed E-state index contributed by atoms with van der Waals surface area (Å²) in [6, 6.07) is 0. The summed E-state index contributed by atoms with van der Waals surface area (Å²) in [5.74, 6) is -1.03. The molecule has 2 saturated heterocycles. The van der Waals surface area contributed by atoms with Crippen LogP contribution in [0.1, 0.15) is 40.0 Å². The zero-order valence-electron chi connectivity index (χ0n) is 14.5. The van der Waals surface area contributed by atoms with Crippen molar-refractivity contribution < 1.29 is 24.5 Å². The van der Waals surface area contributed by atoms with E-state index in [1.54, 1.807) is 20.8 Å². The fourth-order valence-electron chi connectivity index (χ4n) is 3.51. The van der Waals surface area contributed by atoms with Gasteiger partial charge in [-0.15, -0.1) is 0 Å². The van der Waals surface area contributed by atoms with Gasteiger partial charge in [-0.25, -0.2) is 4.79 Å². The number of likely N-dealkylation sites (tertiary alicyclic amines) is 2. The van der Waals surface area contributed by atoms with Crippen LogP contribution in [0.25, 0.3) is 0 Å². The third-order valence-corrected chi connectivity index (χ3v) is 5.04. The average molecular weight is 328 g/mol. The molecule has 132 valence electrons. The highest BCUT2D eigenvalue weighted by Crippen LogP contribution is 2.46. The Kier molecular flexibility index (Phi) is 4.65. The monoisotopic (exact) mass is 328 g/mol. The van der Waals surface area contributed by atoms with Crippen molar-refractivity contribution in [3.05, 3.63) is 0 Å². The summed E-state index contributed by atoms with van der Waals surface area (Å²) in [7, 11) is 1.95. The molecular weight excluding hydrogens is 300 g/mol. The first-order valence-electron chi connectivity index (χ1n) is 8.11. The van der Waals surface area contributed by atoms with Crippen molar-refractivity contribution >= 4 is 12.1 Å². The number of carboxylic acid groups (broad SMARTS) is 1. The lowest BCUT2D eigenvalue weighted by Crippen LogP contribution is -2.59. The van der Waals surface area contributed by atoms with E-state index in [-0.39, 0.29) is 13.0 Å². The molecule has 0 aromatic heterocycles. The van der Waals surface area contributed by atoms with Crippen LogP contribution in [0.5, 0.6) is 0 Å². The van der Waals surface area contributed by atoms with Gasteiger partial charge in [-0.05, 0) is 47.1 Å². The van der Waals surface area contributed by atoms with Crippen LogP contribution in [-0.2, 0) is 9.53 Å². The number of carboxylic acids is 1. The number of amides is 1. The van der Waals surface area contributed by atoms with Crippen LogP contribution >= 0.6 is 0 Å². The maximum Gasteiger partial charge on any atom is 0.410 e. The molecule has 2 heterocycles. The highest BCUT2D eigenvalue weighted by molar-refractivity contribution is 5.79. The molecule has 2 fully saturated rings. The van der Waals surface area contributed by atoms with E-state index < -0.39 is 28.7 Å². The van der Waals surface area contributed by atoms with Crippen LogP contribution in [0.3, 0.4) is 0 Å². The molecule has 0 aromatic carbocycles. The molecule has 2 N–H and O–H groups in total. The predicted molar refractivity (Wildman–Crippen MR) is 84.2 cm³/mol. The molecule has 0 saturated carbocycles. The second-order valence-electron chi connectivity index (χ2n) is 7.87. The number of aliphatic carboxylic acids is 1. The number of carbonyl (C=O) groups excluding carboxylic acids is 1. The van der Waals surface area contributed by atoms with Crippen molar-refractivity contribution in [3.8, 4) is 0 Å². The molecule has 2 aliphatic rings. The Hall–Kier alpha value is -1.34. The molecule has 0 aliphatic carbocycles. The second-order valence-corrected chi connectivity index (χ2v) is 7.87. The molecule has 1 amide bonds. The van der Waals surface area contributed by atoms with Gasteiger partial charge in [0.15, 0.2) is 0 Å². The van der Waals surface area contributed by atoms with Crippen LogP contribution in [-0.4, -0.2) is 76.5 Å². The van der Waals surface area contributed by atoms with Crippen LogP contribution in [0, 0.1) is 5.41 Å². The van der Waals surface area contributed by atoms with Crippen LogP contribution in [0.2, 0.25) is 0 Å². The number of hydrogen-bond acceptors (Lipinski definition) is 5. The van der Waals surface area contributed by atoms with Crippen LogP contribution < -0.4 is 0 Å². The van der Waals surface area contributed by atoms with Gasteiger partial charge in [-0.3, -0.25) is 4.79 Å². The Morgan fingerprint density at radius 1 is 1.09 bits per heavy atom.